The van der Waals surface area contributed by atoms with Crippen LogP contribution in [-0.2, 0) is 9.47 Å². The van der Waals surface area contributed by atoms with E-state index in [1.54, 1.807) is 7.11 Å². The smallest absolute Gasteiger partial charge is 0.0691 e. The van der Waals surface area contributed by atoms with E-state index in [-0.39, 0.29) is 5.60 Å². The Hall–Kier alpha value is -0.120. The lowest BCUT2D eigenvalue weighted by atomic mass is 9.89. The summed E-state index contributed by atoms with van der Waals surface area (Å²) in [7, 11) is 1.74. The third kappa shape index (κ3) is 3.56. The highest BCUT2D eigenvalue weighted by molar-refractivity contribution is 4.86. The number of methoxy groups -OCH3 is 1. The van der Waals surface area contributed by atoms with Gasteiger partial charge in [-0.1, -0.05) is 6.92 Å². The summed E-state index contributed by atoms with van der Waals surface area (Å²) in [5.74, 6) is 0. The summed E-state index contributed by atoms with van der Waals surface area (Å²) in [4.78, 5) is 0. The van der Waals surface area contributed by atoms with Crippen molar-refractivity contribution in [2.75, 3.05) is 26.9 Å². The van der Waals surface area contributed by atoms with Gasteiger partial charge in [0.2, 0.25) is 0 Å². The molecular formula is C11H23NO2. The van der Waals surface area contributed by atoms with Crippen molar-refractivity contribution in [1.82, 2.24) is 5.32 Å². The third-order valence-corrected chi connectivity index (χ3v) is 2.92. The van der Waals surface area contributed by atoms with Gasteiger partial charge in [0, 0.05) is 26.4 Å². The van der Waals surface area contributed by atoms with E-state index in [1.165, 1.54) is 0 Å². The van der Waals surface area contributed by atoms with Gasteiger partial charge in [-0.05, 0) is 32.7 Å². The van der Waals surface area contributed by atoms with Gasteiger partial charge in [-0.15, -0.1) is 0 Å². The average Bonchev–Trinajstić information content (AvgIpc) is 2.16. The first-order chi connectivity index (χ1) is 6.70. The van der Waals surface area contributed by atoms with Crippen LogP contribution >= 0.6 is 0 Å². The predicted octanol–water partition coefficient (Wildman–Crippen LogP) is 1.57. The molecule has 0 radical (unpaired) electrons. The summed E-state index contributed by atoms with van der Waals surface area (Å²) in [6.45, 7) is 7.05. The molecule has 0 aromatic rings. The summed E-state index contributed by atoms with van der Waals surface area (Å²) in [6, 6.07) is 0.621. The van der Waals surface area contributed by atoms with Crippen LogP contribution in [0.15, 0.2) is 0 Å². The number of nitrogens with one attached hydrogen (secondary N) is 1. The zero-order chi connectivity index (χ0) is 10.4. The topological polar surface area (TPSA) is 30.5 Å². The molecule has 1 heterocycles. The molecule has 0 aromatic heterocycles. The van der Waals surface area contributed by atoms with Gasteiger partial charge in [0.1, 0.15) is 0 Å². The van der Waals surface area contributed by atoms with E-state index in [0.717, 1.165) is 39.0 Å². The standard InChI is InChI=1S/C11H23NO2/c1-4-12-10-5-7-14-11(2,9-10)6-8-13-3/h10,12H,4-9H2,1-3H3. The van der Waals surface area contributed by atoms with Gasteiger partial charge in [0.15, 0.2) is 0 Å². The van der Waals surface area contributed by atoms with E-state index < -0.39 is 0 Å². The Kier molecular flexibility index (Phi) is 4.85. The van der Waals surface area contributed by atoms with Crippen molar-refractivity contribution in [2.24, 2.45) is 0 Å². The molecular weight excluding hydrogens is 178 g/mol. The number of hydrogen-bond acceptors (Lipinski definition) is 3. The highest BCUT2D eigenvalue weighted by Gasteiger charge is 2.32. The molecule has 1 aliphatic heterocycles. The molecule has 1 N–H and O–H groups in total. The van der Waals surface area contributed by atoms with Crippen LogP contribution < -0.4 is 5.32 Å². The molecule has 84 valence electrons. The minimum atomic E-state index is 0.0150. The van der Waals surface area contributed by atoms with Crippen LogP contribution in [0, 0.1) is 0 Å². The second kappa shape index (κ2) is 5.69. The molecule has 0 aromatic carbocycles. The summed E-state index contributed by atoms with van der Waals surface area (Å²) < 4.78 is 10.9. The van der Waals surface area contributed by atoms with Gasteiger partial charge in [0.05, 0.1) is 5.60 Å². The molecule has 1 fully saturated rings. The van der Waals surface area contributed by atoms with Gasteiger partial charge >= 0.3 is 0 Å². The molecule has 0 bridgehead atoms. The van der Waals surface area contributed by atoms with Crippen LogP contribution in [0.3, 0.4) is 0 Å². The normalized spacial score (nSPS) is 33.2. The Bertz CT molecular complexity index is 161. The van der Waals surface area contributed by atoms with Crippen molar-refractivity contribution in [1.29, 1.82) is 0 Å². The molecule has 0 spiro atoms. The van der Waals surface area contributed by atoms with Crippen LogP contribution in [0.25, 0.3) is 0 Å². The van der Waals surface area contributed by atoms with E-state index >= 15 is 0 Å². The monoisotopic (exact) mass is 201 g/mol. The summed E-state index contributed by atoms with van der Waals surface area (Å²) in [6.07, 6.45) is 3.23. The summed E-state index contributed by atoms with van der Waals surface area (Å²) in [5, 5.41) is 3.50. The lowest BCUT2D eigenvalue weighted by Crippen LogP contribution is -2.45. The second-order valence-corrected chi connectivity index (χ2v) is 4.29. The largest absolute Gasteiger partial charge is 0.385 e. The van der Waals surface area contributed by atoms with Crippen molar-refractivity contribution < 1.29 is 9.47 Å². The highest BCUT2D eigenvalue weighted by atomic mass is 16.5. The Morgan fingerprint density at radius 1 is 1.57 bits per heavy atom. The van der Waals surface area contributed by atoms with E-state index in [0.29, 0.717) is 6.04 Å². The lowest BCUT2D eigenvalue weighted by molar-refractivity contribution is -0.0893. The molecule has 2 unspecified atom stereocenters. The van der Waals surface area contributed by atoms with Crippen LogP contribution in [0.1, 0.15) is 33.1 Å². The Balaban J connectivity index is 2.36. The summed E-state index contributed by atoms with van der Waals surface area (Å²) in [5.41, 5.74) is 0.0150. The number of rotatable bonds is 5. The first-order valence-electron chi connectivity index (χ1n) is 5.56. The molecule has 1 saturated heterocycles. The third-order valence-electron chi connectivity index (χ3n) is 2.92. The molecule has 1 rings (SSSR count). The van der Waals surface area contributed by atoms with Crippen LogP contribution in [0.4, 0.5) is 0 Å². The maximum Gasteiger partial charge on any atom is 0.0691 e. The fourth-order valence-corrected chi connectivity index (χ4v) is 2.08. The fraction of sp³-hybridized carbons (Fsp3) is 1.00. The van der Waals surface area contributed by atoms with Gasteiger partial charge in [-0.2, -0.15) is 0 Å². The van der Waals surface area contributed by atoms with Crippen LogP contribution in [0.2, 0.25) is 0 Å². The molecule has 0 amide bonds. The molecule has 0 saturated carbocycles. The van der Waals surface area contributed by atoms with Crippen LogP contribution in [-0.4, -0.2) is 38.5 Å². The minimum Gasteiger partial charge on any atom is -0.385 e. The van der Waals surface area contributed by atoms with Gasteiger partial charge in [-0.3, -0.25) is 0 Å². The Morgan fingerprint density at radius 2 is 2.36 bits per heavy atom. The van der Waals surface area contributed by atoms with Crippen molar-refractivity contribution in [3.05, 3.63) is 0 Å². The fourth-order valence-electron chi connectivity index (χ4n) is 2.08. The maximum absolute atomic E-state index is 5.82. The lowest BCUT2D eigenvalue weighted by Gasteiger charge is -2.38. The minimum absolute atomic E-state index is 0.0150. The SMILES string of the molecule is CCNC1CCOC(C)(CCOC)C1. The number of hydrogen-bond donors (Lipinski definition) is 1. The first kappa shape index (κ1) is 12.0. The molecule has 3 heteroatoms. The predicted molar refractivity (Wildman–Crippen MR) is 57.5 cm³/mol. The molecule has 0 aliphatic carbocycles. The van der Waals surface area contributed by atoms with Crippen molar-refractivity contribution in [3.8, 4) is 0 Å². The molecule has 2 atom stereocenters. The van der Waals surface area contributed by atoms with Crippen molar-refractivity contribution in [3.63, 3.8) is 0 Å². The van der Waals surface area contributed by atoms with Gasteiger partial charge in [0.25, 0.3) is 0 Å². The van der Waals surface area contributed by atoms with E-state index in [2.05, 4.69) is 19.2 Å². The Labute approximate surface area is 87.2 Å². The van der Waals surface area contributed by atoms with E-state index in [9.17, 15) is 0 Å². The van der Waals surface area contributed by atoms with Gasteiger partial charge < -0.3 is 14.8 Å². The highest BCUT2D eigenvalue weighted by Crippen LogP contribution is 2.27. The molecule has 14 heavy (non-hydrogen) atoms. The van der Waals surface area contributed by atoms with E-state index in [1.807, 2.05) is 0 Å². The van der Waals surface area contributed by atoms with Crippen molar-refractivity contribution >= 4 is 0 Å². The summed E-state index contributed by atoms with van der Waals surface area (Å²) >= 11 is 0. The molecule has 1 aliphatic rings. The Morgan fingerprint density at radius 3 is 3.00 bits per heavy atom. The second-order valence-electron chi connectivity index (χ2n) is 4.29. The van der Waals surface area contributed by atoms with Crippen molar-refractivity contribution in [2.45, 2.75) is 44.8 Å². The maximum atomic E-state index is 5.82. The van der Waals surface area contributed by atoms with E-state index in [4.69, 9.17) is 9.47 Å². The van der Waals surface area contributed by atoms with Crippen LogP contribution in [0.5, 0.6) is 0 Å². The average molecular weight is 201 g/mol. The molecule has 3 nitrogen and oxygen atoms in total. The quantitative estimate of drug-likeness (QED) is 0.732. The zero-order valence-corrected chi connectivity index (χ0v) is 9.64. The zero-order valence-electron chi connectivity index (χ0n) is 9.64. The number of ether oxygens (including phenoxy) is 2. The van der Waals surface area contributed by atoms with Gasteiger partial charge in [-0.25, -0.2) is 0 Å². The first-order valence-corrected chi connectivity index (χ1v) is 5.56.